The molecule has 0 aromatic carbocycles. The smallest absolute Gasteiger partial charge is 0.726 e. The van der Waals surface area contributed by atoms with E-state index >= 15 is 0 Å². The van der Waals surface area contributed by atoms with Gasteiger partial charge in [0.15, 0.2) is 0 Å². The second-order valence-corrected chi connectivity index (χ2v) is 7.84. The Morgan fingerprint density at radius 2 is 1.12 bits per heavy atom. The first-order valence-corrected chi connectivity index (χ1v) is 11.6. The van der Waals surface area contributed by atoms with Crippen LogP contribution in [0.15, 0.2) is 0 Å². The van der Waals surface area contributed by atoms with E-state index in [-0.39, 0.29) is 58.0 Å². The Labute approximate surface area is 204 Å². The summed E-state index contributed by atoms with van der Waals surface area (Å²) >= 11 is 0. The van der Waals surface area contributed by atoms with Crippen molar-refractivity contribution in [2.24, 2.45) is 0 Å². The molecule has 0 saturated carbocycles. The van der Waals surface area contributed by atoms with E-state index in [1.165, 1.54) is 83.5 Å². The Morgan fingerprint density at radius 1 is 0.769 bits per heavy atom. The molecule has 1 heterocycles. The van der Waals surface area contributed by atoms with E-state index in [1.54, 1.807) is 0 Å². The second kappa shape index (κ2) is 22.8. The standard InChI is InChI=1S/C15H30O.C4H10O4S.K/c1-2-4-6-8-10-12-14-16-15-13-11-9-7-5-3-1;1-2-3-4-8-9(5,6)7;/h1-15H2;2-4H2,1H3,(H,5,6,7);/q;;+1/p-1. The van der Waals surface area contributed by atoms with Gasteiger partial charge < -0.3 is 9.29 Å². The minimum atomic E-state index is -4.45. The van der Waals surface area contributed by atoms with E-state index in [2.05, 4.69) is 4.18 Å². The summed E-state index contributed by atoms with van der Waals surface area (Å²) in [5.41, 5.74) is 0. The van der Waals surface area contributed by atoms with Gasteiger partial charge in [0.2, 0.25) is 10.4 Å². The first-order valence-electron chi connectivity index (χ1n) is 10.2. The summed E-state index contributed by atoms with van der Waals surface area (Å²) in [7, 11) is -4.45. The molecule has 1 saturated heterocycles. The Balaban J connectivity index is 0. The third-order valence-electron chi connectivity index (χ3n) is 4.30. The first kappa shape index (κ1) is 29.7. The maximum Gasteiger partial charge on any atom is 1.00 e. The van der Waals surface area contributed by atoms with Crippen molar-refractivity contribution in [1.82, 2.24) is 0 Å². The predicted octanol–water partition coefficient (Wildman–Crippen LogP) is 2.36. The summed E-state index contributed by atoms with van der Waals surface area (Å²) in [5.74, 6) is 0. The zero-order valence-electron chi connectivity index (χ0n) is 17.2. The maximum atomic E-state index is 9.73. The van der Waals surface area contributed by atoms with Gasteiger partial charge in [0.1, 0.15) is 0 Å². The monoisotopic (exact) mass is 418 g/mol. The van der Waals surface area contributed by atoms with Crippen LogP contribution in [-0.4, -0.2) is 32.8 Å². The molecule has 1 rings (SSSR count). The van der Waals surface area contributed by atoms with Crippen molar-refractivity contribution in [3.05, 3.63) is 0 Å². The normalized spacial score (nSPS) is 18.8. The average Bonchev–Trinajstić information content (AvgIpc) is 2.55. The third-order valence-corrected chi connectivity index (χ3v) is 4.76. The number of rotatable bonds is 4. The molecule has 0 aliphatic carbocycles. The molecule has 26 heavy (non-hydrogen) atoms. The van der Waals surface area contributed by atoms with Crippen LogP contribution in [0.3, 0.4) is 0 Å². The van der Waals surface area contributed by atoms with Crippen LogP contribution in [0.4, 0.5) is 0 Å². The van der Waals surface area contributed by atoms with E-state index in [4.69, 9.17) is 4.74 Å². The van der Waals surface area contributed by atoms with Gasteiger partial charge in [-0.25, -0.2) is 8.42 Å². The van der Waals surface area contributed by atoms with Gasteiger partial charge in [0.05, 0.1) is 6.61 Å². The van der Waals surface area contributed by atoms with E-state index in [9.17, 15) is 13.0 Å². The van der Waals surface area contributed by atoms with E-state index in [0.29, 0.717) is 6.42 Å². The SMILES string of the molecule is C1CCCCCCCOCCCCCCC1.CCCCOS(=O)(=O)[O-].[K+]. The summed E-state index contributed by atoms with van der Waals surface area (Å²) in [6.07, 6.45) is 19.8. The summed E-state index contributed by atoms with van der Waals surface area (Å²) in [6.45, 7) is 3.88. The topological polar surface area (TPSA) is 75.7 Å². The molecular weight excluding hydrogens is 379 g/mol. The molecule has 0 spiro atoms. The van der Waals surface area contributed by atoms with Gasteiger partial charge in [-0.2, -0.15) is 0 Å². The number of hydrogen-bond acceptors (Lipinski definition) is 5. The van der Waals surface area contributed by atoms with Gasteiger partial charge in [-0.15, -0.1) is 0 Å². The molecule has 5 nitrogen and oxygen atoms in total. The second-order valence-electron chi connectivity index (χ2n) is 6.79. The summed E-state index contributed by atoms with van der Waals surface area (Å²) in [5, 5.41) is 0. The molecule has 1 aliphatic heterocycles. The summed E-state index contributed by atoms with van der Waals surface area (Å²) in [4.78, 5) is 0. The van der Waals surface area contributed by atoms with Crippen LogP contribution in [0.1, 0.15) is 103 Å². The van der Waals surface area contributed by atoms with Gasteiger partial charge in [-0.05, 0) is 19.3 Å². The van der Waals surface area contributed by atoms with Crippen molar-refractivity contribution in [1.29, 1.82) is 0 Å². The van der Waals surface area contributed by atoms with Crippen molar-refractivity contribution in [3.63, 3.8) is 0 Å². The van der Waals surface area contributed by atoms with Crippen molar-refractivity contribution in [2.45, 2.75) is 103 Å². The van der Waals surface area contributed by atoms with Crippen LogP contribution >= 0.6 is 0 Å². The Hall–Kier alpha value is 1.47. The van der Waals surface area contributed by atoms with Crippen molar-refractivity contribution < 1.29 is 73.3 Å². The van der Waals surface area contributed by atoms with Crippen LogP contribution in [-0.2, 0) is 19.3 Å². The Morgan fingerprint density at radius 3 is 1.42 bits per heavy atom. The fourth-order valence-electron chi connectivity index (χ4n) is 2.76. The van der Waals surface area contributed by atoms with Gasteiger partial charge in [-0.3, -0.25) is 4.18 Å². The van der Waals surface area contributed by atoms with Gasteiger partial charge >= 0.3 is 51.4 Å². The van der Waals surface area contributed by atoms with Gasteiger partial charge in [0, 0.05) is 13.2 Å². The van der Waals surface area contributed by atoms with Crippen LogP contribution in [0, 0.1) is 0 Å². The van der Waals surface area contributed by atoms with Crippen LogP contribution in [0.25, 0.3) is 0 Å². The Bertz CT molecular complexity index is 299. The maximum absolute atomic E-state index is 9.73. The van der Waals surface area contributed by atoms with Crippen LogP contribution < -0.4 is 51.4 Å². The fraction of sp³-hybridized carbons (Fsp3) is 1.00. The molecule has 0 aromatic rings. The molecule has 0 bridgehead atoms. The molecule has 0 N–H and O–H groups in total. The molecule has 0 amide bonds. The molecule has 0 radical (unpaired) electrons. The van der Waals surface area contributed by atoms with Gasteiger partial charge in [-0.1, -0.05) is 84.0 Å². The molecule has 1 aliphatic rings. The van der Waals surface area contributed by atoms with Gasteiger partial charge in [0.25, 0.3) is 0 Å². The minimum absolute atomic E-state index is 0. The van der Waals surface area contributed by atoms with Crippen molar-refractivity contribution in [3.8, 4) is 0 Å². The molecule has 0 atom stereocenters. The summed E-state index contributed by atoms with van der Waals surface area (Å²) < 4.78 is 38.7. The fourth-order valence-corrected chi connectivity index (χ4v) is 3.08. The minimum Gasteiger partial charge on any atom is -0.726 e. The molecular formula is C19H39KO5S. The zero-order chi connectivity index (χ0) is 18.6. The van der Waals surface area contributed by atoms with Crippen molar-refractivity contribution in [2.75, 3.05) is 19.8 Å². The number of hydrogen-bond donors (Lipinski definition) is 0. The largest absolute Gasteiger partial charge is 1.00 e. The molecule has 1 fully saturated rings. The van der Waals surface area contributed by atoms with E-state index in [0.717, 1.165) is 19.6 Å². The molecule has 7 heteroatoms. The van der Waals surface area contributed by atoms with Crippen LogP contribution in [0.5, 0.6) is 0 Å². The number of unbranched alkanes of at least 4 members (excludes halogenated alkanes) is 1. The molecule has 0 aromatic heterocycles. The average molecular weight is 419 g/mol. The predicted molar refractivity (Wildman–Crippen MR) is 101 cm³/mol. The molecule has 152 valence electrons. The number of ether oxygens (including phenoxy) is 1. The third kappa shape index (κ3) is 27.7. The quantitative estimate of drug-likeness (QED) is 0.303. The first-order chi connectivity index (χ1) is 12.1. The summed E-state index contributed by atoms with van der Waals surface area (Å²) in [6, 6.07) is 0. The molecule has 0 unspecified atom stereocenters. The van der Waals surface area contributed by atoms with E-state index in [1.807, 2.05) is 6.92 Å². The Kier molecular flexibility index (Phi) is 26.0. The van der Waals surface area contributed by atoms with Crippen molar-refractivity contribution >= 4 is 10.4 Å². The van der Waals surface area contributed by atoms with Crippen LogP contribution in [0.2, 0.25) is 0 Å². The van der Waals surface area contributed by atoms with E-state index < -0.39 is 10.4 Å². The zero-order valence-corrected chi connectivity index (χ0v) is 21.1.